The van der Waals surface area contributed by atoms with Crippen molar-refractivity contribution in [1.82, 2.24) is 15.0 Å². The number of carbonyl (C=O) groups excluding carboxylic acids is 2. The monoisotopic (exact) mass is 411 g/mol. The third-order valence-corrected chi connectivity index (χ3v) is 4.73. The molecule has 0 unspecified atom stereocenters. The highest BCUT2D eigenvalue weighted by Gasteiger charge is 2.25. The molecule has 1 N–H and O–H groups in total. The highest BCUT2D eigenvalue weighted by molar-refractivity contribution is 6.13. The van der Waals surface area contributed by atoms with Crippen LogP contribution in [0.25, 0.3) is 11.3 Å². The number of aromatic nitrogens is 2. The second-order valence-corrected chi connectivity index (χ2v) is 6.74. The molecule has 1 aromatic carbocycles. The fourth-order valence-corrected chi connectivity index (χ4v) is 3.11. The third-order valence-electron chi connectivity index (χ3n) is 4.73. The average Bonchev–Trinajstić information content (AvgIpc) is 3.41. The molecule has 8 heteroatoms. The number of nitrogens with one attached hydrogen (secondary N) is 1. The molecule has 0 bridgehead atoms. The van der Waals surface area contributed by atoms with Crippen molar-refractivity contribution < 1.29 is 23.6 Å². The van der Waals surface area contributed by atoms with Gasteiger partial charge in [-0.15, -0.1) is 0 Å². The first-order valence-electron chi connectivity index (χ1n) is 9.58. The van der Waals surface area contributed by atoms with Crippen LogP contribution in [0.4, 0.5) is 0 Å². The molecule has 158 valence electrons. The molecular weight excluding hydrogens is 386 g/mol. The predicted octanol–water partition coefficient (Wildman–Crippen LogP) is 2.94. The molecule has 0 fully saturated rings. The summed E-state index contributed by atoms with van der Waals surface area (Å²) in [7, 11) is 3.16. The molecule has 8 nitrogen and oxygen atoms in total. The van der Waals surface area contributed by atoms with Gasteiger partial charge < -0.3 is 23.9 Å². The van der Waals surface area contributed by atoms with Gasteiger partial charge in [-0.25, -0.2) is 0 Å². The first-order chi connectivity index (χ1) is 14.6. The van der Waals surface area contributed by atoms with E-state index in [9.17, 15) is 9.59 Å². The van der Waals surface area contributed by atoms with Gasteiger partial charge in [0.15, 0.2) is 5.78 Å². The molecule has 0 aliphatic rings. The van der Waals surface area contributed by atoms with Crippen molar-refractivity contribution in [2.45, 2.75) is 6.92 Å². The molecule has 0 atom stereocenters. The minimum absolute atomic E-state index is 0.228. The van der Waals surface area contributed by atoms with E-state index in [4.69, 9.17) is 14.0 Å². The van der Waals surface area contributed by atoms with Gasteiger partial charge in [-0.2, -0.15) is 0 Å². The Morgan fingerprint density at radius 3 is 2.40 bits per heavy atom. The summed E-state index contributed by atoms with van der Waals surface area (Å²) < 4.78 is 15.5. The van der Waals surface area contributed by atoms with Crippen molar-refractivity contribution in [3.63, 3.8) is 0 Å². The zero-order valence-corrected chi connectivity index (χ0v) is 17.3. The number of ether oxygens (including phenoxy) is 2. The molecule has 0 aliphatic heterocycles. The fourth-order valence-electron chi connectivity index (χ4n) is 3.11. The maximum atomic E-state index is 13.2. The Morgan fingerprint density at radius 1 is 1.10 bits per heavy atom. The average molecular weight is 411 g/mol. The van der Waals surface area contributed by atoms with E-state index in [2.05, 4.69) is 10.1 Å². The van der Waals surface area contributed by atoms with Gasteiger partial charge in [0.25, 0.3) is 5.91 Å². The maximum absolute atomic E-state index is 13.2. The summed E-state index contributed by atoms with van der Waals surface area (Å²) >= 11 is 0. The number of hydrogen-bond acceptors (Lipinski definition) is 6. The van der Waals surface area contributed by atoms with E-state index in [1.165, 1.54) is 6.20 Å². The van der Waals surface area contributed by atoms with Crippen molar-refractivity contribution in [2.24, 2.45) is 0 Å². The molecule has 2 aromatic heterocycles. The van der Waals surface area contributed by atoms with Gasteiger partial charge in [-0.3, -0.25) is 9.59 Å². The summed E-state index contributed by atoms with van der Waals surface area (Å²) in [4.78, 5) is 30.6. The van der Waals surface area contributed by atoms with Gasteiger partial charge in [0, 0.05) is 44.6 Å². The second-order valence-electron chi connectivity index (χ2n) is 6.74. The quantitative estimate of drug-likeness (QED) is 0.515. The number of amides is 1. The highest BCUT2D eigenvalue weighted by Crippen LogP contribution is 2.27. The summed E-state index contributed by atoms with van der Waals surface area (Å²) in [6.45, 7) is 3.35. The number of nitrogens with zero attached hydrogens (tertiary/aromatic N) is 2. The minimum atomic E-state index is -0.261. The lowest BCUT2D eigenvalue weighted by Gasteiger charge is -2.21. The van der Waals surface area contributed by atoms with Crippen molar-refractivity contribution in [3.8, 4) is 11.3 Å². The smallest absolute Gasteiger partial charge is 0.270 e. The van der Waals surface area contributed by atoms with Crippen LogP contribution in [-0.4, -0.2) is 67.3 Å². The largest absolute Gasteiger partial charge is 0.383 e. The van der Waals surface area contributed by atoms with E-state index >= 15 is 0 Å². The lowest BCUT2D eigenvalue weighted by molar-refractivity contribution is 0.0622. The molecular formula is C22H25N3O5. The lowest BCUT2D eigenvalue weighted by atomic mass is 9.99. The summed E-state index contributed by atoms with van der Waals surface area (Å²) in [5, 5.41) is 4.06. The molecule has 0 radical (unpaired) electrons. The van der Waals surface area contributed by atoms with Gasteiger partial charge in [0.05, 0.1) is 18.8 Å². The Bertz CT molecular complexity index is 985. The van der Waals surface area contributed by atoms with Crippen LogP contribution in [0.5, 0.6) is 0 Å². The van der Waals surface area contributed by atoms with E-state index in [1.54, 1.807) is 32.1 Å². The standard InChI is InChI=1S/C22H25N3O5/c1-15-19(20(24-30-15)16-7-5-4-6-8-16)21(26)17-13-18(23-14-17)22(27)25(9-11-28-2)10-12-29-3/h4-8,13-14,23H,9-12H2,1-3H3. The second kappa shape index (κ2) is 10.00. The van der Waals surface area contributed by atoms with Crippen LogP contribution in [0.3, 0.4) is 0 Å². The van der Waals surface area contributed by atoms with Gasteiger partial charge in [-0.05, 0) is 13.0 Å². The number of aromatic amines is 1. The number of benzene rings is 1. The molecule has 3 rings (SSSR count). The number of hydrogen-bond donors (Lipinski definition) is 1. The third kappa shape index (κ3) is 4.67. The van der Waals surface area contributed by atoms with E-state index in [0.29, 0.717) is 54.6 Å². The number of aryl methyl sites for hydroxylation is 1. The molecule has 3 aromatic rings. The number of ketones is 1. The lowest BCUT2D eigenvalue weighted by Crippen LogP contribution is -2.36. The van der Waals surface area contributed by atoms with Crippen molar-refractivity contribution in [1.29, 1.82) is 0 Å². The maximum Gasteiger partial charge on any atom is 0.270 e. The molecule has 0 spiro atoms. The van der Waals surface area contributed by atoms with Crippen molar-refractivity contribution >= 4 is 11.7 Å². The van der Waals surface area contributed by atoms with Gasteiger partial charge in [0.2, 0.25) is 0 Å². The van der Waals surface area contributed by atoms with E-state index < -0.39 is 0 Å². The number of rotatable bonds is 10. The Kier molecular flexibility index (Phi) is 7.16. The Hall–Kier alpha value is -3.23. The summed E-state index contributed by atoms with van der Waals surface area (Å²) in [5.41, 5.74) is 2.33. The van der Waals surface area contributed by atoms with E-state index in [0.717, 1.165) is 5.56 Å². The zero-order valence-electron chi connectivity index (χ0n) is 17.3. The molecule has 0 saturated heterocycles. The molecule has 0 aliphatic carbocycles. The zero-order chi connectivity index (χ0) is 21.5. The Morgan fingerprint density at radius 2 is 1.77 bits per heavy atom. The van der Waals surface area contributed by atoms with Gasteiger partial charge in [-0.1, -0.05) is 35.5 Å². The van der Waals surface area contributed by atoms with Crippen molar-refractivity contribution in [3.05, 3.63) is 65.2 Å². The van der Waals surface area contributed by atoms with Crippen LogP contribution < -0.4 is 0 Å². The van der Waals surface area contributed by atoms with Crippen LogP contribution in [0.2, 0.25) is 0 Å². The molecule has 30 heavy (non-hydrogen) atoms. The van der Waals surface area contributed by atoms with Crippen LogP contribution in [-0.2, 0) is 9.47 Å². The first-order valence-corrected chi connectivity index (χ1v) is 9.58. The fraction of sp³-hybridized carbons (Fsp3) is 0.318. The summed E-state index contributed by atoms with van der Waals surface area (Å²) in [5.74, 6) is -0.0635. The van der Waals surface area contributed by atoms with E-state index in [1.807, 2.05) is 30.3 Å². The highest BCUT2D eigenvalue weighted by atomic mass is 16.5. The van der Waals surface area contributed by atoms with Crippen molar-refractivity contribution in [2.75, 3.05) is 40.5 Å². The van der Waals surface area contributed by atoms with Gasteiger partial charge in [0.1, 0.15) is 17.1 Å². The summed E-state index contributed by atoms with van der Waals surface area (Å²) in [6.07, 6.45) is 1.53. The predicted molar refractivity (Wildman–Crippen MR) is 111 cm³/mol. The van der Waals surface area contributed by atoms with Gasteiger partial charge >= 0.3 is 0 Å². The minimum Gasteiger partial charge on any atom is -0.383 e. The molecule has 2 heterocycles. The van der Waals surface area contributed by atoms with E-state index in [-0.39, 0.29) is 11.7 Å². The SMILES string of the molecule is COCCN(CCOC)C(=O)c1cc(C(=O)c2c(-c3ccccc3)noc2C)c[nH]1. The van der Waals surface area contributed by atoms with Crippen LogP contribution in [0.1, 0.15) is 32.2 Å². The Balaban J connectivity index is 1.85. The number of carbonyl (C=O) groups is 2. The topological polar surface area (TPSA) is 97.7 Å². The number of H-pyrrole nitrogens is 1. The molecule has 1 amide bonds. The molecule has 0 saturated carbocycles. The van der Waals surface area contributed by atoms with Crippen LogP contribution in [0.15, 0.2) is 47.1 Å². The van der Waals surface area contributed by atoms with Crippen LogP contribution >= 0.6 is 0 Å². The first kappa shape index (κ1) is 21.5. The number of methoxy groups -OCH3 is 2. The van der Waals surface area contributed by atoms with Crippen LogP contribution in [0, 0.1) is 6.92 Å². The Labute approximate surface area is 174 Å². The normalized spacial score (nSPS) is 10.9. The summed E-state index contributed by atoms with van der Waals surface area (Å²) in [6, 6.07) is 10.9.